The van der Waals surface area contributed by atoms with Crippen LogP contribution in [0.15, 0.2) is 30.5 Å². The molecule has 2 aromatic rings. The van der Waals surface area contributed by atoms with Crippen LogP contribution in [0.3, 0.4) is 0 Å². The maximum Gasteiger partial charge on any atom is 0.194 e. The van der Waals surface area contributed by atoms with Gasteiger partial charge < -0.3 is 0 Å². The highest BCUT2D eigenvalue weighted by atomic mass is 79.9. The molecule has 0 saturated carbocycles. The van der Waals surface area contributed by atoms with Gasteiger partial charge in [-0.1, -0.05) is 22.0 Å². The Bertz CT molecular complexity index is 561. The number of aromatic nitrogens is 1. The van der Waals surface area contributed by atoms with E-state index in [0.717, 1.165) is 23.4 Å². The number of halogens is 4. The average molecular weight is 330 g/mol. The van der Waals surface area contributed by atoms with Crippen molar-refractivity contribution >= 4 is 15.9 Å². The summed E-state index contributed by atoms with van der Waals surface area (Å²) in [5, 5.41) is 0. The second-order valence-corrected chi connectivity index (χ2v) is 5.40. The minimum absolute atomic E-state index is 0.327. The summed E-state index contributed by atoms with van der Waals surface area (Å²) in [6.07, 6.45) is 2.19. The summed E-state index contributed by atoms with van der Waals surface area (Å²) in [7, 11) is 0. The van der Waals surface area contributed by atoms with Crippen LogP contribution in [-0.2, 0) is 6.42 Å². The van der Waals surface area contributed by atoms with E-state index in [4.69, 9.17) is 0 Å². The molecule has 19 heavy (non-hydrogen) atoms. The predicted molar refractivity (Wildman–Crippen MR) is 70.7 cm³/mol. The molecule has 1 heterocycles. The molecule has 2 rings (SSSR count). The molecule has 0 fully saturated rings. The van der Waals surface area contributed by atoms with Crippen LogP contribution in [0.25, 0.3) is 0 Å². The summed E-state index contributed by atoms with van der Waals surface area (Å²) in [5.41, 5.74) is 2.17. The van der Waals surface area contributed by atoms with Crippen molar-refractivity contribution in [2.45, 2.75) is 18.2 Å². The quantitative estimate of drug-likeness (QED) is 0.597. The first-order chi connectivity index (χ1) is 8.97. The molecule has 100 valence electrons. The number of aryl methyl sites for hydroxylation is 1. The van der Waals surface area contributed by atoms with Crippen molar-refractivity contribution in [1.29, 1.82) is 0 Å². The van der Waals surface area contributed by atoms with E-state index in [9.17, 15) is 13.2 Å². The second-order valence-electron chi connectivity index (χ2n) is 4.30. The summed E-state index contributed by atoms with van der Waals surface area (Å²) in [6.45, 7) is 1.92. The van der Waals surface area contributed by atoms with Crippen LogP contribution in [0.1, 0.15) is 21.6 Å². The average Bonchev–Trinajstić information content (AvgIpc) is 2.38. The summed E-state index contributed by atoms with van der Waals surface area (Å²) >= 11 is 3.34. The van der Waals surface area contributed by atoms with Crippen LogP contribution in [-0.4, -0.2) is 4.98 Å². The normalized spacial score (nSPS) is 12.5. The monoisotopic (exact) mass is 329 g/mol. The zero-order chi connectivity index (χ0) is 14.0. The highest BCUT2D eigenvalue weighted by Gasteiger charge is 2.16. The van der Waals surface area contributed by atoms with E-state index in [1.165, 1.54) is 0 Å². The molecular weight excluding hydrogens is 319 g/mol. The molecule has 0 radical (unpaired) electrons. The highest BCUT2D eigenvalue weighted by Crippen LogP contribution is 2.28. The van der Waals surface area contributed by atoms with E-state index < -0.39 is 17.5 Å². The molecule has 1 aromatic carbocycles. The first-order valence-electron chi connectivity index (χ1n) is 5.67. The van der Waals surface area contributed by atoms with Gasteiger partial charge in [-0.05, 0) is 36.2 Å². The minimum Gasteiger partial charge on any atom is -0.261 e. The molecule has 1 nitrogen and oxygen atoms in total. The summed E-state index contributed by atoms with van der Waals surface area (Å²) < 4.78 is 39.1. The lowest BCUT2D eigenvalue weighted by atomic mass is 10.1. The molecular formula is C14H11BrF3N. The van der Waals surface area contributed by atoms with E-state index in [-0.39, 0.29) is 4.83 Å². The van der Waals surface area contributed by atoms with Crippen LogP contribution in [0.5, 0.6) is 0 Å². The molecule has 0 spiro atoms. The van der Waals surface area contributed by atoms with Gasteiger partial charge in [-0.15, -0.1) is 0 Å². The van der Waals surface area contributed by atoms with Gasteiger partial charge >= 0.3 is 0 Å². The zero-order valence-corrected chi connectivity index (χ0v) is 11.7. The van der Waals surface area contributed by atoms with Crippen LogP contribution in [0.4, 0.5) is 13.2 Å². The number of nitrogens with zero attached hydrogens (tertiary/aromatic N) is 1. The Morgan fingerprint density at radius 1 is 1.16 bits per heavy atom. The molecule has 5 heteroatoms. The molecule has 1 unspecified atom stereocenters. The molecule has 0 aliphatic heterocycles. The van der Waals surface area contributed by atoms with Crippen LogP contribution in [0, 0.1) is 24.4 Å². The number of hydrogen-bond donors (Lipinski definition) is 0. The molecule has 0 bridgehead atoms. The molecule has 0 N–H and O–H groups in total. The first-order valence-corrected chi connectivity index (χ1v) is 6.59. The third-order valence-corrected chi connectivity index (χ3v) is 3.58. The van der Waals surface area contributed by atoms with Crippen molar-refractivity contribution in [3.63, 3.8) is 0 Å². The van der Waals surface area contributed by atoms with Crippen LogP contribution in [0.2, 0.25) is 0 Å². The fourth-order valence-electron chi connectivity index (χ4n) is 1.68. The molecule has 1 aromatic heterocycles. The first kappa shape index (κ1) is 14.1. The van der Waals surface area contributed by atoms with Gasteiger partial charge in [-0.2, -0.15) is 0 Å². The van der Waals surface area contributed by atoms with E-state index >= 15 is 0 Å². The smallest absolute Gasteiger partial charge is 0.194 e. The molecule has 0 saturated heterocycles. The lowest BCUT2D eigenvalue weighted by Crippen LogP contribution is -2.01. The fraction of sp³-hybridized carbons (Fsp3) is 0.214. The van der Waals surface area contributed by atoms with Crippen molar-refractivity contribution in [2.24, 2.45) is 0 Å². The highest BCUT2D eigenvalue weighted by molar-refractivity contribution is 9.09. The standard InChI is InChI=1S/C14H11BrF3N/c1-8-2-3-10(19-7-8)6-11(15)9-4-12(16)14(18)13(17)5-9/h2-5,7,11H,6H2,1H3. The van der Waals surface area contributed by atoms with Gasteiger partial charge in [-0.3, -0.25) is 4.98 Å². The van der Waals surface area contributed by atoms with Crippen LogP contribution < -0.4 is 0 Å². The SMILES string of the molecule is Cc1ccc(CC(Br)c2cc(F)c(F)c(F)c2)nc1. The molecule has 0 aliphatic carbocycles. The summed E-state index contributed by atoms with van der Waals surface area (Å²) in [5.74, 6) is -3.82. The van der Waals surface area contributed by atoms with Gasteiger partial charge in [0.15, 0.2) is 17.5 Å². The Morgan fingerprint density at radius 2 is 1.79 bits per heavy atom. The molecule has 0 amide bonds. The van der Waals surface area contributed by atoms with Gasteiger partial charge in [0.25, 0.3) is 0 Å². The number of rotatable bonds is 3. The number of alkyl halides is 1. The van der Waals surface area contributed by atoms with E-state index in [1.807, 2.05) is 19.1 Å². The number of pyridine rings is 1. The maximum absolute atomic E-state index is 13.1. The van der Waals surface area contributed by atoms with Gasteiger partial charge in [0, 0.05) is 23.1 Å². The molecule has 0 aliphatic rings. The van der Waals surface area contributed by atoms with Crippen molar-refractivity contribution < 1.29 is 13.2 Å². The Balaban J connectivity index is 2.20. The Morgan fingerprint density at radius 3 is 2.32 bits per heavy atom. The largest absolute Gasteiger partial charge is 0.261 e. The van der Waals surface area contributed by atoms with Crippen molar-refractivity contribution in [3.8, 4) is 0 Å². The molecule has 1 atom stereocenters. The van der Waals surface area contributed by atoms with Gasteiger partial charge in [0.05, 0.1) is 0 Å². The van der Waals surface area contributed by atoms with Gasteiger partial charge in [0.2, 0.25) is 0 Å². The lowest BCUT2D eigenvalue weighted by Gasteiger charge is -2.11. The fourth-order valence-corrected chi connectivity index (χ4v) is 2.27. The van der Waals surface area contributed by atoms with Crippen molar-refractivity contribution in [1.82, 2.24) is 4.98 Å². The second kappa shape index (κ2) is 5.74. The summed E-state index contributed by atoms with van der Waals surface area (Å²) in [6, 6.07) is 5.74. The number of benzene rings is 1. The predicted octanol–water partition coefficient (Wildman–Crippen LogP) is 4.49. The Labute approximate surface area is 117 Å². The van der Waals surface area contributed by atoms with Crippen LogP contribution >= 0.6 is 15.9 Å². The lowest BCUT2D eigenvalue weighted by molar-refractivity contribution is 0.445. The topological polar surface area (TPSA) is 12.9 Å². The Hall–Kier alpha value is -1.36. The van der Waals surface area contributed by atoms with Gasteiger partial charge in [-0.25, -0.2) is 13.2 Å². The minimum atomic E-state index is -1.45. The number of hydrogen-bond acceptors (Lipinski definition) is 1. The van der Waals surface area contributed by atoms with Crippen molar-refractivity contribution in [3.05, 3.63) is 64.7 Å². The van der Waals surface area contributed by atoms with Gasteiger partial charge in [0.1, 0.15) is 0 Å². The van der Waals surface area contributed by atoms with Crippen molar-refractivity contribution in [2.75, 3.05) is 0 Å². The third kappa shape index (κ3) is 3.35. The summed E-state index contributed by atoms with van der Waals surface area (Å²) in [4.78, 5) is 3.89. The Kier molecular flexibility index (Phi) is 4.24. The van der Waals surface area contributed by atoms with E-state index in [1.54, 1.807) is 6.20 Å². The third-order valence-electron chi connectivity index (χ3n) is 2.73. The zero-order valence-electron chi connectivity index (χ0n) is 10.1. The van der Waals surface area contributed by atoms with E-state index in [0.29, 0.717) is 12.0 Å². The maximum atomic E-state index is 13.1. The van der Waals surface area contributed by atoms with E-state index in [2.05, 4.69) is 20.9 Å².